The molecular weight excluding hydrogens is 306 g/mol. The van der Waals surface area contributed by atoms with E-state index in [2.05, 4.69) is 10.2 Å². The van der Waals surface area contributed by atoms with E-state index in [0.717, 1.165) is 11.4 Å². The summed E-state index contributed by atoms with van der Waals surface area (Å²) in [5, 5.41) is 17.4. The SMILES string of the molecule is CCOc1cccc(C(=O)N2C[C@@H](Cc3cc(C)[nH]n3)[C@H](O)C2)c1. The van der Waals surface area contributed by atoms with Crippen molar-refractivity contribution < 1.29 is 14.6 Å². The third-order valence-electron chi connectivity index (χ3n) is 4.32. The van der Waals surface area contributed by atoms with E-state index in [1.54, 1.807) is 17.0 Å². The summed E-state index contributed by atoms with van der Waals surface area (Å²) in [6, 6.07) is 9.16. The molecule has 0 bridgehead atoms. The van der Waals surface area contributed by atoms with E-state index in [-0.39, 0.29) is 11.8 Å². The Labute approximate surface area is 141 Å². The number of amides is 1. The van der Waals surface area contributed by atoms with Gasteiger partial charge >= 0.3 is 0 Å². The summed E-state index contributed by atoms with van der Waals surface area (Å²) in [6.07, 6.45) is 0.134. The minimum Gasteiger partial charge on any atom is -0.494 e. The number of hydrogen-bond donors (Lipinski definition) is 2. The maximum absolute atomic E-state index is 12.7. The topological polar surface area (TPSA) is 78.5 Å². The normalized spacial score (nSPS) is 20.4. The van der Waals surface area contributed by atoms with Crippen LogP contribution in [0.3, 0.4) is 0 Å². The van der Waals surface area contributed by atoms with E-state index in [1.807, 2.05) is 32.0 Å². The smallest absolute Gasteiger partial charge is 0.254 e. The minimum absolute atomic E-state index is 0.00623. The lowest BCUT2D eigenvalue weighted by Crippen LogP contribution is -2.29. The van der Waals surface area contributed by atoms with E-state index in [0.29, 0.717) is 37.4 Å². The number of aromatic nitrogens is 2. The van der Waals surface area contributed by atoms with Gasteiger partial charge in [-0.1, -0.05) is 6.07 Å². The van der Waals surface area contributed by atoms with Crippen LogP contribution in [0.2, 0.25) is 0 Å². The quantitative estimate of drug-likeness (QED) is 0.877. The Morgan fingerprint density at radius 3 is 2.96 bits per heavy atom. The molecule has 2 aromatic rings. The zero-order chi connectivity index (χ0) is 17.1. The molecule has 2 atom stereocenters. The van der Waals surface area contributed by atoms with Crippen LogP contribution >= 0.6 is 0 Å². The summed E-state index contributed by atoms with van der Waals surface area (Å²) < 4.78 is 5.45. The molecule has 1 aliphatic heterocycles. The van der Waals surface area contributed by atoms with Crippen LogP contribution in [0.15, 0.2) is 30.3 Å². The summed E-state index contributed by atoms with van der Waals surface area (Å²) in [5.41, 5.74) is 2.51. The number of carbonyl (C=O) groups is 1. The number of hydrogen-bond acceptors (Lipinski definition) is 4. The standard InChI is InChI=1S/C18H23N3O3/c1-3-24-16-6-4-5-13(9-16)18(23)21-10-14(17(22)11-21)8-15-7-12(2)19-20-15/h4-7,9,14,17,22H,3,8,10-11H2,1-2H3,(H,19,20)/t14-,17-/m1/s1. The Kier molecular flexibility index (Phi) is 4.85. The van der Waals surface area contributed by atoms with Crippen LogP contribution in [-0.4, -0.2) is 51.9 Å². The number of aliphatic hydroxyl groups is 1. The maximum Gasteiger partial charge on any atom is 0.254 e. The van der Waals surface area contributed by atoms with Crippen molar-refractivity contribution in [2.45, 2.75) is 26.4 Å². The molecule has 3 rings (SSSR count). The van der Waals surface area contributed by atoms with Crippen molar-refractivity contribution in [2.75, 3.05) is 19.7 Å². The first-order chi connectivity index (χ1) is 11.6. The van der Waals surface area contributed by atoms with Gasteiger partial charge in [0.2, 0.25) is 0 Å². The molecule has 0 spiro atoms. The molecule has 128 valence electrons. The third-order valence-corrected chi connectivity index (χ3v) is 4.32. The number of aromatic amines is 1. The van der Waals surface area contributed by atoms with Crippen LogP contribution in [0.5, 0.6) is 5.75 Å². The molecule has 0 saturated carbocycles. The lowest BCUT2D eigenvalue weighted by molar-refractivity contribution is 0.0764. The zero-order valence-electron chi connectivity index (χ0n) is 14.0. The molecule has 1 aromatic heterocycles. The van der Waals surface area contributed by atoms with Gasteiger partial charge in [0.05, 0.1) is 18.4 Å². The first kappa shape index (κ1) is 16.5. The number of nitrogens with zero attached hydrogens (tertiary/aromatic N) is 2. The molecule has 2 N–H and O–H groups in total. The van der Waals surface area contributed by atoms with Crippen LogP contribution in [0, 0.1) is 12.8 Å². The highest BCUT2D eigenvalue weighted by molar-refractivity contribution is 5.94. The highest BCUT2D eigenvalue weighted by atomic mass is 16.5. The lowest BCUT2D eigenvalue weighted by atomic mass is 10.0. The molecule has 1 fully saturated rings. The van der Waals surface area contributed by atoms with Gasteiger partial charge in [-0.25, -0.2) is 0 Å². The number of aliphatic hydroxyl groups excluding tert-OH is 1. The van der Waals surface area contributed by atoms with Crippen molar-refractivity contribution in [2.24, 2.45) is 5.92 Å². The molecule has 2 heterocycles. The molecule has 0 aliphatic carbocycles. The predicted octanol–water partition coefficient (Wildman–Crippen LogP) is 1.79. The second kappa shape index (κ2) is 7.05. The van der Waals surface area contributed by atoms with Gasteiger partial charge < -0.3 is 14.7 Å². The Hall–Kier alpha value is -2.34. The van der Waals surface area contributed by atoms with Gasteiger partial charge in [0.1, 0.15) is 5.75 Å². The van der Waals surface area contributed by atoms with Gasteiger partial charge in [-0.15, -0.1) is 0 Å². The van der Waals surface area contributed by atoms with Gasteiger partial charge in [-0.2, -0.15) is 5.10 Å². The first-order valence-electron chi connectivity index (χ1n) is 8.28. The number of likely N-dealkylation sites (tertiary alicyclic amines) is 1. The molecule has 6 nitrogen and oxygen atoms in total. The van der Waals surface area contributed by atoms with Gasteiger partial charge in [-0.05, 0) is 44.5 Å². The Morgan fingerprint density at radius 1 is 1.42 bits per heavy atom. The third kappa shape index (κ3) is 3.59. The van der Waals surface area contributed by atoms with Gasteiger partial charge in [-0.3, -0.25) is 9.89 Å². The molecule has 1 aromatic carbocycles. The fraction of sp³-hybridized carbons (Fsp3) is 0.444. The van der Waals surface area contributed by atoms with Crippen molar-refractivity contribution in [1.29, 1.82) is 0 Å². The Balaban J connectivity index is 1.67. The van der Waals surface area contributed by atoms with Crippen LogP contribution < -0.4 is 4.74 Å². The Bertz CT molecular complexity index is 713. The molecule has 1 aliphatic rings. The highest BCUT2D eigenvalue weighted by Gasteiger charge is 2.34. The Morgan fingerprint density at radius 2 is 2.25 bits per heavy atom. The van der Waals surface area contributed by atoms with Crippen molar-refractivity contribution >= 4 is 5.91 Å². The van der Waals surface area contributed by atoms with Crippen molar-refractivity contribution in [3.05, 3.63) is 47.3 Å². The molecule has 1 amide bonds. The van der Waals surface area contributed by atoms with E-state index < -0.39 is 6.10 Å². The molecule has 0 unspecified atom stereocenters. The number of nitrogens with one attached hydrogen (secondary N) is 1. The van der Waals surface area contributed by atoms with Crippen molar-refractivity contribution in [3.8, 4) is 5.75 Å². The van der Waals surface area contributed by atoms with Crippen LogP contribution in [0.25, 0.3) is 0 Å². The molecule has 0 radical (unpaired) electrons. The first-order valence-corrected chi connectivity index (χ1v) is 8.28. The van der Waals surface area contributed by atoms with Gasteiger partial charge in [0, 0.05) is 30.3 Å². The van der Waals surface area contributed by atoms with Gasteiger partial charge in [0.25, 0.3) is 5.91 Å². The van der Waals surface area contributed by atoms with Crippen molar-refractivity contribution in [1.82, 2.24) is 15.1 Å². The van der Waals surface area contributed by atoms with E-state index in [4.69, 9.17) is 4.74 Å². The number of benzene rings is 1. The zero-order valence-corrected chi connectivity index (χ0v) is 14.0. The second-order valence-corrected chi connectivity index (χ2v) is 6.24. The summed E-state index contributed by atoms with van der Waals surface area (Å²) in [4.78, 5) is 14.4. The number of aryl methyl sites for hydroxylation is 1. The maximum atomic E-state index is 12.7. The number of carbonyl (C=O) groups excluding carboxylic acids is 1. The van der Waals surface area contributed by atoms with E-state index in [9.17, 15) is 9.90 Å². The average molecular weight is 329 g/mol. The summed E-state index contributed by atoms with van der Waals surface area (Å²) in [7, 11) is 0. The molecular formula is C18H23N3O3. The number of ether oxygens (including phenoxy) is 1. The summed E-state index contributed by atoms with van der Waals surface area (Å²) in [6.45, 7) is 5.30. The molecule has 24 heavy (non-hydrogen) atoms. The summed E-state index contributed by atoms with van der Waals surface area (Å²) >= 11 is 0. The van der Waals surface area contributed by atoms with Gasteiger partial charge in [0.15, 0.2) is 0 Å². The predicted molar refractivity (Wildman–Crippen MR) is 90.0 cm³/mol. The number of H-pyrrole nitrogens is 1. The molecule has 1 saturated heterocycles. The second-order valence-electron chi connectivity index (χ2n) is 6.24. The van der Waals surface area contributed by atoms with Crippen LogP contribution in [0.1, 0.15) is 28.7 Å². The fourth-order valence-electron chi connectivity index (χ4n) is 3.14. The average Bonchev–Trinajstić information content (AvgIpc) is 3.14. The monoisotopic (exact) mass is 329 g/mol. The number of rotatable bonds is 5. The number of β-amino-alcohol motifs (C(OH)–C–C–N with tert-alkyl or cyclic N) is 1. The van der Waals surface area contributed by atoms with E-state index in [1.165, 1.54) is 0 Å². The van der Waals surface area contributed by atoms with Crippen LogP contribution in [0.4, 0.5) is 0 Å². The van der Waals surface area contributed by atoms with Crippen LogP contribution in [-0.2, 0) is 6.42 Å². The highest BCUT2D eigenvalue weighted by Crippen LogP contribution is 2.24. The fourth-order valence-corrected chi connectivity index (χ4v) is 3.14. The van der Waals surface area contributed by atoms with E-state index >= 15 is 0 Å². The van der Waals surface area contributed by atoms with Crippen molar-refractivity contribution in [3.63, 3.8) is 0 Å². The minimum atomic E-state index is -0.527. The summed E-state index contributed by atoms with van der Waals surface area (Å²) in [5.74, 6) is 0.620. The largest absolute Gasteiger partial charge is 0.494 e. The molecule has 6 heteroatoms. The lowest BCUT2D eigenvalue weighted by Gasteiger charge is -2.16.